The topological polar surface area (TPSA) is 257 Å². The van der Waals surface area contributed by atoms with E-state index in [9.17, 15) is 19.9 Å². The Morgan fingerprint density at radius 1 is 1.07 bits per heavy atom. The summed E-state index contributed by atoms with van der Waals surface area (Å²) in [6.07, 6.45) is -0.433. The molecule has 2 aliphatic heterocycles. The second-order valence-corrected chi connectivity index (χ2v) is 12.0. The number of aliphatic hydroxyl groups excluding tert-OH is 2. The van der Waals surface area contributed by atoms with Gasteiger partial charge in [0.1, 0.15) is 36.5 Å². The van der Waals surface area contributed by atoms with Gasteiger partial charge in [0.2, 0.25) is 5.95 Å². The first-order chi connectivity index (χ1) is 19.1. The highest BCUT2D eigenvalue weighted by Gasteiger charge is 2.42. The molecule has 0 amide bonds. The maximum Gasteiger partial charge on any atom is 0.324 e. The third kappa shape index (κ3) is 4.95. The number of nitrogen functional groups attached to an aromatic ring is 2. The Hall–Kier alpha value is -3.13. The Balaban J connectivity index is 1.10. The largest absolute Gasteiger partial charge is 0.394 e. The van der Waals surface area contributed by atoms with E-state index in [1.165, 1.54) is 23.5 Å². The molecule has 18 nitrogen and oxygen atoms in total. The van der Waals surface area contributed by atoms with Crippen LogP contribution in [0.2, 0.25) is 0 Å². The number of nitrogens with two attached hydrogens (primary N) is 2. The van der Waals surface area contributed by atoms with Crippen LogP contribution in [-0.4, -0.2) is 91.8 Å². The molecule has 8 N–H and O–H groups in total. The summed E-state index contributed by atoms with van der Waals surface area (Å²) in [4.78, 5) is 45.7. The SMILES string of the molecule is Nc1nc2c(ncn2[C@H]2CC(O)[C@@H](COP(O)(=S)OC3C[C@H](n4cnc5c(N)ncnc54)O[C@@H]3CO)O2)c(=O)[nH]1. The number of hydrogen-bond donors (Lipinski definition) is 6. The molecule has 4 aromatic heterocycles. The van der Waals surface area contributed by atoms with Crippen LogP contribution in [-0.2, 0) is 30.3 Å². The van der Waals surface area contributed by atoms with Crippen LogP contribution in [0.3, 0.4) is 0 Å². The average molecular weight is 597 g/mol. The maximum absolute atomic E-state index is 12.1. The van der Waals surface area contributed by atoms with Crippen molar-refractivity contribution in [3.63, 3.8) is 0 Å². The fourth-order valence-electron chi connectivity index (χ4n) is 4.79. The quantitative estimate of drug-likeness (QED) is 0.129. The summed E-state index contributed by atoms with van der Waals surface area (Å²) in [5.74, 6) is 0.120. The van der Waals surface area contributed by atoms with Crippen LogP contribution in [0.4, 0.5) is 11.8 Å². The lowest BCUT2D eigenvalue weighted by Crippen LogP contribution is -2.29. The standard InChI is InChI=1S/C20H25N10O8PS/c21-16-14-17(24-5-23-16)29(6-25-14)13-2-9(10(3-31)36-13)38-39(34,40)35-4-11-8(32)1-12(37-11)30-7-26-15-18(30)27-20(22)28-19(15)33/h5-13,31-32H,1-4H2,(H,34,40)(H2,21,23,24)(H3,22,27,28,33)/t8?,9?,10-,11-,12-,13-,39?/m1/s1. The van der Waals surface area contributed by atoms with Gasteiger partial charge in [-0.2, -0.15) is 4.98 Å². The fraction of sp³-hybridized carbons (Fsp3) is 0.500. The van der Waals surface area contributed by atoms with Crippen LogP contribution in [0.5, 0.6) is 0 Å². The third-order valence-electron chi connectivity index (χ3n) is 6.69. The minimum atomic E-state index is -3.88. The van der Waals surface area contributed by atoms with Gasteiger partial charge in [-0.1, -0.05) is 0 Å². The summed E-state index contributed by atoms with van der Waals surface area (Å²) >= 11 is 5.20. The molecular weight excluding hydrogens is 571 g/mol. The second kappa shape index (κ2) is 10.4. The molecule has 6 heterocycles. The summed E-state index contributed by atoms with van der Waals surface area (Å²) in [6, 6.07) is 0. The highest BCUT2D eigenvalue weighted by Crippen LogP contribution is 2.49. The lowest BCUT2D eigenvalue weighted by atomic mass is 10.2. The van der Waals surface area contributed by atoms with E-state index in [2.05, 4.69) is 29.9 Å². The van der Waals surface area contributed by atoms with Crippen molar-refractivity contribution in [1.82, 2.24) is 39.0 Å². The van der Waals surface area contributed by atoms with Crippen LogP contribution in [0.25, 0.3) is 22.3 Å². The van der Waals surface area contributed by atoms with Gasteiger partial charge >= 0.3 is 6.72 Å². The average Bonchev–Trinajstić information content (AvgIpc) is 3.67. The van der Waals surface area contributed by atoms with Crippen molar-refractivity contribution in [2.24, 2.45) is 0 Å². The Morgan fingerprint density at radius 3 is 2.55 bits per heavy atom. The van der Waals surface area contributed by atoms with Gasteiger partial charge in [0.05, 0.1) is 38.1 Å². The van der Waals surface area contributed by atoms with Crippen molar-refractivity contribution in [3.05, 3.63) is 29.3 Å². The smallest absolute Gasteiger partial charge is 0.324 e. The zero-order chi connectivity index (χ0) is 28.2. The molecule has 0 bridgehead atoms. The van der Waals surface area contributed by atoms with Crippen molar-refractivity contribution in [3.8, 4) is 0 Å². The van der Waals surface area contributed by atoms with E-state index in [1.54, 1.807) is 4.57 Å². The minimum absolute atomic E-state index is 0.0707. The molecule has 0 saturated carbocycles. The molecule has 0 spiro atoms. The van der Waals surface area contributed by atoms with Crippen molar-refractivity contribution in [2.45, 2.75) is 49.7 Å². The molecule has 0 radical (unpaired) electrons. The van der Waals surface area contributed by atoms with E-state index in [-0.39, 0.29) is 42.4 Å². The highest BCUT2D eigenvalue weighted by molar-refractivity contribution is 8.07. The molecule has 40 heavy (non-hydrogen) atoms. The van der Waals surface area contributed by atoms with Crippen molar-refractivity contribution in [2.75, 3.05) is 24.7 Å². The lowest BCUT2D eigenvalue weighted by molar-refractivity contribution is -0.0507. The number of aromatic nitrogens is 8. The number of aromatic amines is 1. The Bertz CT molecular complexity index is 1660. The van der Waals surface area contributed by atoms with Crippen molar-refractivity contribution >= 4 is 52.6 Å². The molecule has 0 aliphatic carbocycles. The first kappa shape index (κ1) is 27.1. The number of fused-ring (bicyclic) bond motifs is 2. The monoisotopic (exact) mass is 596 g/mol. The van der Waals surface area contributed by atoms with Crippen molar-refractivity contribution in [1.29, 1.82) is 0 Å². The highest BCUT2D eigenvalue weighted by atomic mass is 32.5. The summed E-state index contributed by atoms with van der Waals surface area (Å²) in [6.45, 7) is -4.58. The minimum Gasteiger partial charge on any atom is -0.394 e. The Morgan fingerprint density at radius 2 is 1.77 bits per heavy atom. The Kier molecular flexibility index (Phi) is 7.01. The van der Waals surface area contributed by atoms with Gasteiger partial charge in [0.25, 0.3) is 5.56 Å². The molecule has 7 atom stereocenters. The van der Waals surface area contributed by atoms with Gasteiger partial charge < -0.3 is 45.1 Å². The van der Waals surface area contributed by atoms with Gasteiger partial charge in [-0.15, -0.1) is 0 Å². The van der Waals surface area contributed by atoms with Crippen LogP contribution < -0.4 is 17.0 Å². The zero-order valence-electron chi connectivity index (χ0n) is 20.5. The molecular formula is C20H25N10O8PS. The fourth-order valence-corrected chi connectivity index (χ4v) is 6.26. The van der Waals surface area contributed by atoms with Gasteiger partial charge in [0, 0.05) is 12.8 Å². The number of hydrogen-bond acceptors (Lipinski definition) is 15. The van der Waals surface area contributed by atoms with E-state index in [4.69, 9.17) is 41.8 Å². The van der Waals surface area contributed by atoms with E-state index in [0.717, 1.165) is 0 Å². The predicted octanol–water partition coefficient (Wildman–Crippen LogP) is -1.33. The second-order valence-electron chi connectivity index (χ2n) is 9.25. The van der Waals surface area contributed by atoms with Gasteiger partial charge in [-0.25, -0.2) is 19.9 Å². The maximum atomic E-state index is 12.1. The van der Waals surface area contributed by atoms with Crippen LogP contribution in [0, 0.1) is 0 Å². The number of H-pyrrole nitrogens is 1. The first-order valence-electron chi connectivity index (χ1n) is 12.0. The molecule has 2 saturated heterocycles. The van der Waals surface area contributed by atoms with E-state index >= 15 is 0 Å². The third-order valence-corrected chi connectivity index (χ3v) is 8.28. The van der Waals surface area contributed by atoms with E-state index < -0.39 is 55.8 Å². The van der Waals surface area contributed by atoms with Crippen LogP contribution in [0.1, 0.15) is 25.3 Å². The Labute approximate surface area is 229 Å². The predicted molar refractivity (Wildman–Crippen MR) is 140 cm³/mol. The normalized spacial score (nSPS) is 28.5. The summed E-state index contributed by atoms with van der Waals surface area (Å²) in [7, 11) is 0. The number of aliphatic hydroxyl groups is 2. The number of nitrogens with one attached hydrogen (secondary N) is 1. The molecule has 20 heteroatoms. The molecule has 2 fully saturated rings. The number of nitrogens with zero attached hydrogens (tertiary/aromatic N) is 7. The summed E-state index contributed by atoms with van der Waals surface area (Å²) in [5.41, 5.74) is 12.1. The number of anilines is 2. The zero-order valence-corrected chi connectivity index (χ0v) is 22.3. The van der Waals surface area contributed by atoms with E-state index in [0.29, 0.717) is 11.2 Å². The summed E-state index contributed by atoms with van der Waals surface area (Å²) in [5, 5.41) is 20.4. The van der Waals surface area contributed by atoms with Crippen LogP contribution >= 0.6 is 6.72 Å². The van der Waals surface area contributed by atoms with Crippen molar-refractivity contribution < 1.29 is 33.6 Å². The van der Waals surface area contributed by atoms with Gasteiger partial charge in [-0.05, 0) is 11.8 Å². The number of ether oxygens (including phenoxy) is 2. The van der Waals surface area contributed by atoms with Crippen LogP contribution in [0.15, 0.2) is 23.8 Å². The molecule has 3 unspecified atom stereocenters. The van der Waals surface area contributed by atoms with E-state index in [1.807, 2.05) is 0 Å². The van der Waals surface area contributed by atoms with Gasteiger partial charge in [0.15, 0.2) is 22.6 Å². The molecule has 6 rings (SSSR count). The molecule has 214 valence electrons. The van der Waals surface area contributed by atoms with Gasteiger partial charge in [-0.3, -0.25) is 18.9 Å². The summed E-state index contributed by atoms with van der Waals surface area (Å²) < 4.78 is 26.1. The first-order valence-corrected chi connectivity index (χ1v) is 14.6. The number of rotatable bonds is 8. The lowest BCUT2D eigenvalue weighted by Gasteiger charge is -2.24. The molecule has 4 aromatic rings. The molecule has 2 aliphatic rings. The number of imidazole rings is 2. The molecule has 0 aromatic carbocycles.